The van der Waals surface area contributed by atoms with Gasteiger partial charge in [-0.25, -0.2) is 0 Å². The number of ether oxygens (including phenoxy) is 1. The number of isothiocyanates is 1. The normalized spacial score (nSPS) is 8.65. The molecule has 7 heteroatoms. The average Bonchev–Trinajstić information content (AvgIpc) is 2.33. The molecule has 0 aliphatic rings. The maximum Gasteiger partial charge on any atom is 0.147 e. The van der Waals surface area contributed by atoms with Crippen molar-refractivity contribution in [3.63, 3.8) is 0 Å². The molecule has 0 spiro atoms. The lowest BCUT2D eigenvalue weighted by atomic mass is 10.3. The van der Waals surface area contributed by atoms with E-state index in [1.165, 1.54) is 7.11 Å². The summed E-state index contributed by atoms with van der Waals surface area (Å²) in [7, 11) is 1.49. The van der Waals surface area contributed by atoms with Crippen molar-refractivity contribution in [2.24, 2.45) is 4.99 Å². The number of benzene rings is 1. The molecule has 0 aliphatic heterocycles. The maximum absolute atomic E-state index is 8.71. The fraction of sp³-hybridized carbons (Fsp3) is 0.100. The summed E-state index contributed by atoms with van der Waals surface area (Å²) in [5.41, 5.74) is 0.455. The number of nitrogens with zero attached hydrogens (tertiary/aromatic N) is 3. The summed E-state index contributed by atoms with van der Waals surface area (Å²) in [6.45, 7) is 0. The first kappa shape index (κ1) is 13.6. The SMILES string of the molecule is COc1cc(SC#N)cc(SC#N)c1N=C=S. The Bertz CT molecular complexity index is 553. The van der Waals surface area contributed by atoms with E-state index in [2.05, 4.69) is 22.4 Å². The molecule has 0 bridgehead atoms. The van der Waals surface area contributed by atoms with Gasteiger partial charge < -0.3 is 4.74 Å². The first-order valence-electron chi connectivity index (χ1n) is 4.18. The van der Waals surface area contributed by atoms with Crippen LogP contribution in [0.15, 0.2) is 26.9 Å². The minimum Gasteiger partial charge on any atom is -0.494 e. The van der Waals surface area contributed by atoms with Gasteiger partial charge in [0.2, 0.25) is 0 Å². The van der Waals surface area contributed by atoms with Gasteiger partial charge in [0.05, 0.1) is 17.2 Å². The predicted molar refractivity (Wildman–Crippen MR) is 70.6 cm³/mol. The van der Waals surface area contributed by atoms with Crippen LogP contribution in [0.1, 0.15) is 0 Å². The van der Waals surface area contributed by atoms with Crippen LogP contribution in [-0.2, 0) is 0 Å². The summed E-state index contributed by atoms with van der Waals surface area (Å²) < 4.78 is 5.15. The predicted octanol–water partition coefficient (Wildman–Crippen LogP) is 3.58. The van der Waals surface area contributed by atoms with Gasteiger partial charge in [0.25, 0.3) is 0 Å². The molecule has 1 aromatic carbocycles. The van der Waals surface area contributed by atoms with Crippen LogP contribution in [0.2, 0.25) is 0 Å². The Morgan fingerprint density at radius 1 is 1.29 bits per heavy atom. The second-order valence-corrected chi connectivity index (χ2v) is 4.43. The van der Waals surface area contributed by atoms with Gasteiger partial charge >= 0.3 is 0 Å². The number of thioether (sulfide) groups is 2. The molecular formula is C10H5N3OS3. The van der Waals surface area contributed by atoms with E-state index in [9.17, 15) is 0 Å². The van der Waals surface area contributed by atoms with Gasteiger partial charge in [-0.15, -0.1) is 0 Å². The van der Waals surface area contributed by atoms with E-state index < -0.39 is 0 Å². The van der Waals surface area contributed by atoms with Crippen molar-refractivity contribution in [1.29, 1.82) is 10.5 Å². The first-order chi connectivity index (χ1) is 8.26. The van der Waals surface area contributed by atoms with E-state index in [0.29, 0.717) is 21.2 Å². The molecule has 0 N–H and O–H groups in total. The lowest BCUT2D eigenvalue weighted by Crippen LogP contribution is -1.86. The molecule has 0 atom stereocenters. The summed E-state index contributed by atoms with van der Waals surface area (Å²) in [6.07, 6.45) is 0. The maximum atomic E-state index is 8.71. The molecular weight excluding hydrogens is 274 g/mol. The summed E-state index contributed by atoms with van der Waals surface area (Å²) in [4.78, 5) is 5.14. The van der Waals surface area contributed by atoms with Gasteiger partial charge in [0.15, 0.2) is 0 Å². The van der Waals surface area contributed by atoms with Crippen LogP contribution >= 0.6 is 35.7 Å². The van der Waals surface area contributed by atoms with E-state index in [1.807, 2.05) is 10.8 Å². The second kappa shape index (κ2) is 6.95. The zero-order valence-corrected chi connectivity index (χ0v) is 11.1. The van der Waals surface area contributed by atoms with Crippen molar-refractivity contribution in [2.45, 2.75) is 9.79 Å². The molecule has 0 fully saturated rings. The van der Waals surface area contributed by atoms with Gasteiger partial charge in [0.1, 0.15) is 22.2 Å². The Morgan fingerprint density at radius 2 is 2.00 bits per heavy atom. The molecule has 0 saturated carbocycles. The van der Waals surface area contributed by atoms with Crippen molar-refractivity contribution in [2.75, 3.05) is 7.11 Å². The highest BCUT2D eigenvalue weighted by molar-refractivity contribution is 8.04. The third-order valence-corrected chi connectivity index (χ3v) is 2.99. The summed E-state index contributed by atoms with van der Waals surface area (Å²) in [5, 5.41) is 23.5. The van der Waals surface area contributed by atoms with Gasteiger partial charge in [0, 0.05) is 4.90 Å². The van der Waals surface area contributed by atoms with E-state index >= 15 is 0 Å². The Morgan fingerprint density at radius 3 is 2.53 bits per heavy atom. The molecule has 0 heterocycles. The average molecular weight is 279 g/mol. The fourth-order valence-electron chi connectivity index (χ4n) is 1.11. The second-order valence-electron chi connectivity index (χ2n) is 2.56. The summed E-state index contributed by atoms with van der Waals surface area (Å²) in [6, 6.07) is 3.36. The van der Waals surface area contributed by atoms with Crippen molar-refractivity contribution in [3.05, 3.63) is 12.1 Å². The third kappa shape index (κ3) is 3.48. The number of aliphatic imine (C=N–C) groups is 1. The molecule has 0 radical (unpaired) electrons. The largest absolute Gasteiger partial charge is 0.494 e. The summed E-state index contributed by atoms with van der Waals surface area (Å²) in [5.74, 6) is 0.459. The van der Waals surface area contributed by atoms with Crippen LogP contribution in [0, 0.1) is 21.3 Å². The quantitative estimate of drug-likeness (QED) is 0.363. The lowest BCUT2D eigenvalue weighted by Gasteiger charge is -2.08. The third-order valence-electron chi connectivity index (χ3n) is 1.71. The monoisotopic (exact) mass is 279 g/mol. The highest BCUT2D eigenvalue weighted by atomic mass is 32.2. The van der Waals surface area contributed by atoms with Crippen LogP contribution < -0.4 is 4.74 Å². The number of hydrogen-bond acceptors (Lipinski definition) is 7. The molecule has 0 saturated heterocycles. The van der Waals surface area contributed by atoms with Crippen molar-refractivity contribution in [3.8, 4) is 16.6 Å². The van der Waals surface area contributed by atoms with Gasteiger partial charge in [-0.2, -0.15) is 15.5 Å². The molecule has 0 aromatic heterocycles. The smallest absolute Gasteiger partial charge is 0.147 e. The van der Waals surface area contributed by atoms with Gasteiger partial charge in [-0.3, -0.25) is 0 Å². The van der Waals surface area contributed by atoms with Crippen molar-refractivity contribution in [1.82, 2.24) is 0 Å². The fourth-order valence-corrected chi connectivity index (χ4v) is 2.25. The number of hydrogen-bond donors (Lipinski definition) is 0. The molecule has 84 valence electrons. The number of rotatable bonds is 4. The highest BCUT2D eigenvalue weighted by Crippen LogP contribution is 2.40. The van der Waals surface area contributed by atoms with Gasteiger partial charge in [-0.1, -0.05) is 0 Å². The van der Waals surface area contributed by atoms with E-state index in [-0.39, 0.29) is 0 Å². The van der Waals surface area contributed by atoms with Crippen molar-refractivity contribution >= 4 is 46.6 Å². The van der Waals surface area contributed by atoms with Crippen molar-refractivity contribution < 1.29 is 4.74 Å². The minimum atomic E-state index is 0.455. The Labute approximate surface area is 112 Å². The molecule has 1 rings (SSSR count). The van der Waals surface area contributed by atoms with Crippen LogP contribution in [0.3, 0.4) is 0 Å². The zero-order valence-electron chi connectivity index (χ0n) is 8.63. The Hall–Kier alpha value is -1.50. The van der Waals surface area contributed by atoms with Crippen LogP contribution in [0.5, 0.6) is 5.75 Å². The zero-order chi connectivity index (χ0) is 12.7. The molecule has 1 aromatic rings. The Kier molecular flexibility index (Phi) is 5.55. The number of thiocyanates is 2. The van der Waals surface area contributed by atoms with Crippen LogP contribution in [0.25, 0.3) is 0 Å². The number of methoxy groups -OCH3 is 1. The summed E-state index contributed by atoms with van der Waals surface area (Å²) >= 11 is 6.47. The van der Waals surface area contributed by atoms with Gasteiger partial charge in [-0.05, 0) is 47.9 Å². The van der Waals surface area contributed by atoms with Crippen LogP contribution in [0.4, 0.5) is 5.69 Å². The van der Waals surface area contributed by atoms with E-state index in [1.54, 1.807) is 12.1 Å². The molecule has 0 unspecified atom stereocenters. The molecule has 0 aliphatic carbocycles. The highest BCUT2D eigenvalue weighted by Gasteiger charge is 2.12. The molecule has 17 heavy (non-hydrogen) atoms. The van der Waals surface area contributed by atoms with Crippen LogP contribution in [-0.4, -0.2) is 12.3 Å². The van der Waals surface area contributed by atoms with E-state index in [0.717, 1.165) is 23.5 Å². The number of nitriles is 2. The lowest BCUT2D eigenvalue weighted by molar-refractivity contribution is 0.414. The Balaban J connectivity index is 3.41. The topological polar surface area (TPSA) is 69.2 Å². The van der Waals surface area contributed by atoms with E-state index in [4.69, 9.17) is 15.3 Å². The first-order valence-corrected chi connectivity index (χ1v) is 6.22. The number of thiocarbonyl (C=S) groups is 1. The molecule has 0 amide bonds. The molecule has 4 nitrogen and oxygen atoms in total. The standard InChI is InChI=1S/C10H5N3OS3/c1-14-8-2-7(16-4-11)3-9(17-5-12)10(8)13-6-15/h2-3H,1H3. The minimum absolute atomic E-state index is 0.455.